The van der Waals surface area contributed by atoms with E-state index in [1.54, 1.807) is 19.1 Å². The van der Waals surface area contributed by atoms with E-state index in [0.29, 0.717) is 16.5 Å². The molecule has 0 radical (unpaired) electrons. The van der Waals surface area contributed by atoms with Crippen molar-refractivity contribution < 1.29 is 9.18 Å². The molecule has 1 amide bonds. The molecule has 1 N–H and O–H groups in total. The third kappa shape index (κ3) is 3.22. The summed E-state index contributed by atoms with van der Waals surface area (Å²) in [7, 11) is 0. The van der Waals surface area contributed by atoms with Gasteiger partial charge in [-0.2, -0.15) is 0 Å². The van der Waals surface area contributed by atoms with Crippen LogP contribution in [0, 0.1) is 18.2 Å². The number of hydrogen-bond donors (Lipinski definition) is 1. The number of amides is 1. The molecule has 0 atom stereocenters. The maximum atomic E-state index is 13.6. The van der Waals surface area contributed by atoms with E-state index >= 15 is 0 Å². The molecule has 1 aromatic rings. The van der Waals surface area contributed by atoms with Crippen LogP contribution in [0.5, 0.6) is 0 Å². The van der Waals surface area contributed by atoms with Gasteiger partial charge in [-0.1, -0.05) is 6.07 Å². The van der Waals surface area contributed by atoms with Gasteiger partial charge in [0.2, 0.25) is 0 Å². The summed E-state index contributed by atoms with van der Waals surface area (Å²) in [6.45, 7) is 5.46. The van der Waals surface area contributed by atoms with Crippen molar-refractivity contribution in [3.05, 3.63) is 35.1 Å². The van der Waals surface area contributed by atoms with Gasteiger partial charge in [-0.05, 0) is 55.8 Å². The van der Waals surface area contributed by atoms with Gasteiger partial charge in [0.15, 0.2) is 0 Å². The Bertz CT molecular complexity index is 519. The summed E-state index contributed by atoms with van der Waals surface area (Å²) in [5, 5.41) is 3.42. The van der Waals surface area contributed by atoms with Crippen LogP contribution >= 0.6 is 12.4 Å². The molecule has 0 bridgehead atoms. The van der Waals surface area contributed by atoms with Crippen molar-refractivity contribution in [2.45, 2.75) is 26.2 Å². The topological polar surface area (TPSA) is 32.3 Å². The molecule has 0 aliphatic carbocycles. The highest BCUT2D eigenvalue weighted by Gasteiger charge is 2.38. The normalized spacial score (nSPS) is 20.4. The predicted molar refractivity (Wildman–Crippen MR) is 83.4 cm³/mol. The molecule has 116 valence electrons. The lowest BCUT2D eigenvalue weighted by atomic mass is 9.78. The molecule has 2 saturated heterocycles. The van der Waals surface area contributed by atoms with E-state index in [2.05, 4.69) is 5.32 Å². The summed E-state index contributed by atoms with van der Waals surface area (Å²) in [5.41, 5.74) is 1.44. The number of piperidine rings is 1. The fraction of sp³-hybridized carbons (Fsp3) is 0.562. The van der Waals surface area contributed by atoms with Crippen LogP contribution in [0.1, 0.15) is 35.2 Å². The lowest BCUT2D eigenvalue weighted by Crippen LogP contribution is -2.44. The molecule has 0 aromatic heterocycles. The zero-order chi connectivity index (χ0) is 14.2. The first-order valence-electron chi connectivity index (χ1n) is 7.36. The highest BCUT2D eigenvalue weighted by molar-refractivity contribution is 5.94. The quantitative estimate of drug-likeness (QED) is 0.865. The number of hydrogen-bond acceptors (Lipinski definition) is 2. The van der Waals surface area contributed by atoms with E-state index < -0.39 is 0 Å². The molecular formula is C16H22ClFN2O. The molecule has 2 aliphatic rings. The van der Waals surface area contributed by atoms with Crippen LogP contribution in [0.25, 0.3) is 0 Å². The number of benzene rings is 1. The van der Waals surface area contributed by atoms with Gasteiger partial charge in [0.1, 0.15) is 5.82 Å². The zero-order valence-electron chi connectivity index (χ0n) is 12.3. The molecule has 3 rings (SSSR count). The Hall–Kier alpha value is -1.13. The largest absolute Gasteiger partial charge is 0.339 e. The van der Waals surface area contributed by atoms with Crippen LogP contribution < -0.4 is 5.32 Å². The molecule has 2 fully saturated rings. The number of likely N-dealkylation sites (tertiary alicyclic amines) is 1. The van der Waals surface area contributed by atoms with Crippen molar-refractivity contribution in [2.24, 2.45) is 5.41 Å². The Morgan fingerprint density at radius 1 is 1.29 bits per heavy atom. The standard InChI is InChI=1S/C16H21FN2O.ClH/c1-12-2-3-13(10-14(12)17)15(20)19-8-5-16(6-9-19)4-7-18-11-16;/h2-3,10,18H,4-9,11H2,1H3;1H. The smallest absolute Gasteiger partial charge is 0.253 e. The highest BCUT2D eigenvalue weighted by Crippen LogP contribution is 2.37. The monoisotopic (exact) mass is 312 g/mol. The van der Waals surface area contributed by atoms with Crippen LogP contribution in [-0.4, -0.2) is 37.0 Å². The summed E-state index contributed by atoms with van der Waals surface area (Å²) < 4.78 is 13.6. The number of carbonyl (C=O) groups is 1. The number of halogens is 2. The van der Waals surface area contributed by atoms with E-state index in [-0.39, 0.29) is 24.1 Å². The number of nitrogens with zero attached hydrogens (tertiary/aromatic N) is 1. The van der Waals surface area contributed by atoms with Gasteiger partial charge in [-0.15, -0.1) is 12.4 Å². The van der Waals surface area contributed by atoms with Crippen molar-refractivity contribution in [3.63, 3.8) is 0 Å². The SMILES string of the molecule is Cc1ccc(C(=O)N2CCC3(CCNC3)CC2)cc1F.Cl. The van der Waals surface area contributed by atoms with Crippen molar-refractivity contribution in [3.8, 4) is 0 Å². The van der Waals surface area contributed by atoms with E-state index in [9.17, 15) is 9.18 Å². The first kappa shape index (κ1) is 16.2. The Labute approximate surface area is 131 Å². The first-order chi connectivity index (χ1) is 9.60. The van der Waals surface area contributed by atoms with Crippen LogP contribution in [0.3, 0.4) is 0 Å². The molecule has 5 heteroatoms. The van der Waals surface area contributed by atoms with Gasteiger partial charge in [-0.3, -0.25) is 4.79 Å². The molecule has 0 unspecified atom stereocenters. The van der Waals surface area contributed by atoms with E-state index in [0.717, 1.165) is 39.0 Å². The number of carbonyl (C=O) groups excluding carboxylic acids is 1. The molecule has 2 heterocycles. The Morgan fingerprint density at radius 2 is 2.00 bits per heavy atom. The van der Waals surface area contributed by atoms with E-state index in [1.165, 1.54) is 12.5 Å². The summed E-state index contributed by atoms with van der Waals surface area (Å²) in [5.74, 6) is -0.339. The summed E-state index contributed by atoms with van der Waals surface area (Å²) in [6.07, 6.45) is 3.33. The van der Waals surface area contributed by atoms with E-state index in [4.69, 9.17) is 0 Å². The molecule has 21 heavy (non-hydrogen) atoms. The van der Waals surface area contributed by atoms with Gasteiger partial charge in [0, 0.05) is 25.2 Å². The van der Waals surface area contributed by atoms with Crippen molar-refractivity contribution in [1.29, 1.82) is 0 Å². The predicted octanol–water partition coefficient (Wildman–Crippen LogP) is 2.77. The van der Waals surface area contributed by atoms with Crippen LogP contribution in [0.2, 0.25) is 0 Å². The maximum absolute atomic E-state index is 13.6. The fourth-order valence-corrected chi connectivity index (χ4v) is 3.31. The second-order valence-corrected chi connectivity index (χ2v) is 6.18. The van der Waals surface area contributed by atoms with Crippen molar-refractivity contribution in [1.82, 2.24) is 10.2 Å². The van der Waals surface area contributed by atoms with Crippen molar-refractivity contribution >= 4 is 18.3 Å². The number of rotatable bonds is 1. The van der Waals surface area contributed by atoms with Crippen LogP contribution in [0.4, 0.5) is 4.39 Å². The summed E-state index contributed by atoms with van der Waals surface area (Å²) >= 11 is 0. The zero-order valence-corrected chi connectivity index (χ0v) is 13.1. The van der Waals surface area contributed by atoms with Gasteiger partial charge >= 0.3 is 0 Å². The van der Waals surface area contributed by atoms with E-state index in [1.807, 2.05) is 4.90 Å². The average molecular weight is 313 g/mol. The minimum atomic E-state index is -0.302. The fourth-order valence-electron chi connectivity index (χ4n) is 3.31. The second kappa shape index (κ2) is 6.32. The number of aryl methyl sites for hydroxylation is 1. The second-order valence-electron chi connectivity index (χ2n) is 6.18. The Balaban J connectivity index is 0.00000161. The van der Waals surface area contributed by atoms with Gasteiger partial charge in [-0.25, -0.2) is 4.39 Å². The first-order valence-corrected chi connectivity index (χ1v) is 7.36. The Morgan fingerprint density at radius 3 is 2.57 bits per heavy atom. The molecular weight excluding hydrogens is 291 g/mol. The Kier molecular flexibility index (Phi) is 4.89. The third-order valence-electron chi connectivity index (χ3n) is 4.86. The minimum absolute atomic E-state index is 0. The molecule has 0 saturated carbocycles. The lowest BCUT2D eigenvalue weighted by Gasteiger charge is -2.38. The van der Waals surface area contributed by atoms with Gasteiger partial charge in [0.25, 0.3) is 5.91 Å². The molecule has 2 aliphatic heterocycles. The maximum Gasteiger partial charge on any atom is 0.253 e. The highest BCUT2D eigenvalue weighted by atomic mass is 35.5. The van der Waals surface area contributed by atoms with Crippen molar-refractivity contribution in [2.75, 3.05) is 26.2 Å². The minimum Gasteiger partial charge on any atom is -0.339 e. The average Bonchev–Trinajstić information content (AvgIpc) is 2.90. The molecule has 1 aromatic carbocycles. The lowest BCUT2D eigenvalue weighted by molar-refractivity contribution is 0.0607. The molecule has 1 spiro atoms. The van der Waals surface area contributed by atoms with Gasteiger partial charge in [0.05, 0.1) is 0 Å². The van der Waals surface area contributed by atoms with Gasteiger partial charge < -0.3 is 10.2 Å². The summed E-state index contributed by atoms with van der Waals surface area (Å²) in [6, 6.07) is 4.76. The summed E-state index contributed by atoms with van der Waals surface area (Å²) in [4.78, 5) is 14.3. The van der Waals surface area contributed by atoms with Crippen LogP contribution in [0.15, 0.2) is 18.2 Å². The number of nitrogens with one attached hydrogen (secondary N) is 1. The van der Waals surface area contributed by atoms with Crippen LogP contribution in [-0.2, 0) is 0 Å². The third-order valence-corrected chi connectivity index (χ3v) is 4.86. The molecule has 3 nitrogen and oxygen atoms in total.